The van der Waals surface area contributed by atoms with E-state index >= 15 is 0 Å². The van der Waals surface area contributed by atoms with Gasteiger partial charge in [-0.1, -0.05) is 12.2 Å². The van der Waals surface area contributed by atoms with Crippen molar-refractivity contribution >= 4 is 23.0 Å². The molecule has 17 heavy (non-hydrogen) atoms. The largest absolute Gasteiger partial charge is 0.389 e. The topological polar surface area (TPSA) is 60.2 Å². The Morgan fingerprint density at radius 3 is 3.06 bits per heavy atom. The number of nitrogens with zero attached hydrogens (tertiary/aromatic N) is 1. The van der Waals surface area contributed by atoms with Gasteiger partial charge in [-0.25, -0.2) is 4.98 Å². The van der Waals surface area contributed by atoms with Crippen LogP contribution in [0.4, 0.5) is 5.82 Å². The predicted octanol–water partition coefficient (Wildman–Crippen LogP) is 1.45. The molecule has 2 aliphatic rings. The molecule has 90 valence electrons. The van der Waals surface area contributed by atoms with E-state index in [1.807, 2.05) is 12.1 Å². The van der Waals surface area contributed by atoms with Crippen LogP contribution < -0.4 is 11.1 Å². The molecule has 1 aromatic rings. The normalized spacial score (nSPS) is 30.5. The first-order valence-electron chi connectivity index (χ1n) is 5.91. The molecule has 0 saturated carbocycles. The van der Waals surface area contributed by atoms with Crippen LogP contribution in [-0.2, 0) is 4.74 Å². The molecule has 3 unspecified atom stereocenters. The maximum absolute atomic E-state index is 5.80. The summed E-state index contributed by atoms with van der Waals surface area (Å²) in [4.78, 5) is 4.69. The van der Waals surface area contributed by atoms with Crippen molar-refractivity contribution in [1.82, 2.24) is 4.98 Å². The van der Waals surface area contributed by atoms with Gasteiger partial charge in [0.1, 0.15) is 10.8 Å². The zero-order chi connectivity index (χ0) is 11.8. The molecular formula is C12H15N3OS. The SMILES string of the molecule is NC(=S)c1cccnc1NC1CC2CCC1O2. The van der Waals surface area contributed by atoms with Gasteiger partial charge in [-0.3, -0.25) is 0 Å². The second-order valence-corrected chi connectivity index (χ2v) is 5.06. The van der Waals surface area contributed by atoms with Crippen LogP contribution in [0.2, 0.25) is 0 Å². The number of hydrogen-bond donors (Lipinski definition) is 2. The Balaban J connectivity index is 1.79. The molecule has 0 radical (unpaired) electrons. The van der Waals surface area contributed by atoms with Crippen LogP contribution in [0.1, 0.15) is 24.8 Å². The summed E-state index contributed by atoms with van der Waals surface area (Å²) in [6, 6.07) is 4.08. The van der Waals surface area contributed by atoms with E-state index in [1.54, 1.807) is 6.20 Å². The van der Waals surface area contributed by atoms with Crippen LogP contribution in [0.3, 0.4) is 0 Å². The quantitative estimate of drug-likeness (QED) is 0.794. The van der Waals surface area contributed by atoms with E-state index < -0.39 is 0 Å². The Morgan fingerprint density at radius 2 is 2.41 bits per heavy atom. The van der Waals surface area contributed by atoms with Gasteiger partial charge in [0.05, 0.1) is 23.8 Å². The van der Waals surface area contributed by atoms with E-state index in [9.17, 15) is 0 Å². The van der Waals surface area contributed by atoms with Gasteiger partial charge in [0.15, 0.2) is 0 Å². The molecule has 0 spiro atoms. The van der Waals surface area contributed by atoms with Gasteiger partial charge in [0.2, 0.25) is 0 Å². The van der Waals surface area contributed by atoms with Gasteiger partial charge in [-0.05, 0) is 31.4 Å². The Hall–Kier alpha value is -1.20. The number of hydrogen-bond acceptors (Lipinski definition) is 4. The first-order chi connectivity index (χ1) is 8.24. The van der Waals surface area contributed by atoms with Crippen molar-refractivity contribution in [1.29, 1.82) is 0 Å². The van der Waals surface area contributed by atoms with Crippen molar-refractivity contribution in [3.63, 3.8) is 0 Å². The van der Waals surface area contributed by atoms with Crippen LogP contribution >= 0.6 is 12.2 Å². The van der Waals surface area contributed by atoms with Gasteiger partial charge in [-0.15, -0.1) is 0 Å². The third-order valence-corrected chi connectivity index (χ3v) is 3.72. The predicted molar refractivity (Wildman–Crippen MR) is 70.0 cm³/mol. The van der Waals surface area contributed by atoms with Crippen molar-refractivity contribution < 1.29 is 4.74 Å². The zero-order valence-electron chi connectivity index (χ0n) is 9.43. The van der Waals surface area contributed by atoms with Gasteiger partial charge < -0.3 is 15.8 Å². The fraction of sp³-hybridized carbons (Fsp3) is 0.500. The first kappa shape index (κ1) is 10.9. The molecule has 3 atom stereocenters. The Bertz CT molecular complexity index is 451. The van der Waals surface area contributed by atoms with Crippen LogP contribution in [0.5, 0.6) is 0 Å². The first-order valence-corrected chi connectivity index (χ1v) is 6.31. The highest BCUT2D eigenvalue weighted by Gasteiger charge is 2.41. The standard InChI is InChI=1S/C12H15N3OS/c13-11(17)8-2-1-5-14-12(8)15-9-6-7-3-4-10(9)16-7/h1-2,5,7,9-10H,3-4,6H2,(H2,13,17)(H,14,15). The Morgan fingerprint density at radius 1 is 1.53 bits per heavy atom. The molecule has 0 amide bonds. The maximum atomic E-state index is 5.80. The molecule has 0 aromatic carbocycles. The number of thiocarbonyl (C=S) groups is 1. The summed E-state index contributed by atoms with van der Waals surface area (Å²) < 4.78 is 5.80. The molecule has 2 saturated heterocycles. The third-order valence-electron chi connectivity index (χ3n) is 3.50. The summed E-state index contributed by atoms with van der Waals surface area (Å²) in [5.41, 5.74) is 6.50. The van der Waals surface area contributed by atoms with Crippen LogP contribution in [0.25, 0.3) is 0 Å². The van der Waals surface area contributed by atoms with Crippen molar-refractivity contribution in [3.05, 3.63) is 23.9 Å². The molecule has 1 aromatic heterocycles. The average molecular weight is 249 g/mol. The summed E-state index contributed by atoms with van der Waals surface area (Å²) in [7, 11) is 0. The van der Waals surface area contributed by atoms with E-state index in [2.05, 4.69) is 10.3 Å². The van der Waals surface area contributed by atoms with E-state index in [-0.39, 0.29) is 0 Å². The summed E-state index contributed by atoms with van der Waals surface area (Å²) in [6.45, 7) is 0. The second kappa shape index (κ2) is 4.23. The Kier molecular flexibility index (Phi) is 2.72. The van der Waals surface area contributed by atoms with Gasteiger partial charge in [0, 0.05) is 6.20 Å². The van der Waals surface area contributed by atoms with Gasteiger partial charge in [0.25, 0.3) is 0 Å². The van der Waals surface area contributed by atoms with Crippen molar-refractivity contribution in [2.45, 2.75) is 37.5 Å². The van der Waals surface area contributed by atoms with Crippen molar-refractivity contribution in [2.24, 2.45) is 5.73 Å². The molecule has 2 fully saturated rings. The minimum Gasteiger partial charge on any atom is -0.389 e. The van der Waals surface area contributed by atoms with Gasteiger partial charge >= 0.3 is 0 Å². The summed E-state index contributed by atoms with van der Waals surface area (Å²) >= 11 is 5.02. The lowest BCUT2D eigenvalue weighted by Crippen LogP contribution is -2.31. The molecular weight excluding hydrogens is 234 g/mol. The fourth-order valence-electron chi connectivity index (χ4n) is 2.68. The third kappa shape index (κ3) is 2.00. The van der Waals surface area contributed by atoms with Gasteiger partial charge in [-0.2, -0.15) is 0 Å². The molecule has 5 heteroatoms. The van der Waals surface area contributed by atoms with E-state index in [1.165, 1.54) is 6.42 Å². The molecule has 3 N–H and O–H groups in total. The minimum absolute atomic E-state index is 0.321. The van der Waals surface area contributed by atoms with Crippen molar-refractivity contribution in [3.8, 4) is 0 Å². The fourth-order valence-corrected chi connectivity index (χ4v) is 2.85. The minimum atomic E-state index is 0.321. The highest BCUT2D eigenvalue weighted by molar-refractivity contribution is 7.80. The molecule has 0 aliphatic carbocycles. The summed E-state index contributed by atoms with van der Waals surface area (Å²) in [5, 5.41) is 3.42. The number of nitrogens with two attached hydrogens (primary N) is 1. The monoisotopic (exact) mass is 249 g/mol. The number of anilines is 1. The van der Waals surface area contributed by atoms with Crippen LogP contribution in [0.15, 0.2) is 18.3 Å². The maximum Gasteiger partial charge on any atom is 0.136 e. The number of fused-ring (bicyclic) bond motifs is 2. The lowest BCUT2D eigenvalue weighted by molar-refractivity contribution is 0.102. The molecule has 2 bridgehead atoms. The van der Waals surface area contributed by atoms with E-state index in [0.29, 0.717) is 23.2 Å². The molecule has 4 nitrogen and oxygen atoms in total. The van der Waals surface area contributed by atoms with E-state index in [0.717, 1.165) is 24.2 Å². The summed E-state index contributed by atoms with van der Waals surface area (Å²) in [6.07, 6.45) is 5.87. The van der Waals surface area contributed by atoms with Crippen molar-refractivity contribution in [2.75, 3.05) is 5.32 Å². The molecule has 2 aliphatic heterocycles. The number of ether oxygens (including phenoxy) is 1. The lowest BCUT2D eigenvalue weighted by Gasteiger charge is -2.21. The Labute approximate surface area is 106 Å². The van der Waals surface area contributed by atoms with Crippen LogP contribution in [-0.4, -0.2) is 28.2 Å². The van der Waals surface area contributed by atoms with E-state index in [4.69, 9.17) is 22.7 Å². The highest BCUT2D eigenvalue weighted by Crippen LogP contribution is 2.36. The van der Waals surface area contributed by atoms with Crippen LogP contribution in [0, 0.1) is 0 Å². The highest BCUT2D eigenvalue weighted by atomic mass is 32.1. The lowest BCUT2D eigenvalue weighted by atomic mass is 9.95. The number of aromatic nitrogens is 1. The zero-order valence-corrected chi connectivity index (χ0v) is 10.2. The number of pyridine rings is 1. The number of nitrogens with one attached hydrogen (secondary N) is 1. The number of rotatable bonds is 3. The molecule has 3 rings (SSSR count). The average Bonchev–Trinajstić information content (AvgIpc) is 2.91. The second-order valence-electron chi connectivity index (χ2n) is 4.62. The summed E-state index contributed by atoms with van der Waals surface area (Å²) in [5.74, 6) is 0.779. The smallest absolute Gasteiger partial charge is 0.136 e. The molecule has 3 heterocycles.